The predicted molar refractivity (Wildman–Crippen MR) is 63.3 cm³/mol. The summed E-state index contributed by atoms with van der Waals surface area (Å²) in [4.78, 5) is 8.45. The summed E-state index contributed by atoms with van der Waals surface area (Å²) in [6.45, 7) is 2.80. The third kappa shape index (κ3) is 2.37. The van der Waals surface area contributed by atoms with E-state index in [1.165, 1.54) is 0 Å². The standard InChI is InChI=1S/C13H14N2O/c1-2-10-16-12-7-4-3-6-11(12)13-14-8-5-9-15-13/h3-9H,2,10H2,1H3. The fourth-order valence-electron chi connectivity index (χ4n) is 1.43. The van der Waals surface area contributed by atoms with E-state index in [0.717, 1.165) is 17.7 Å². The van der Waals surface area contributed by atoms with E-state index in [9.17, 15) is 0 Å². The molecule has 3 nitrogen and oxygen atoms in total. The Hall–Kier alpha value is -1.90. The van der Waals surface area contributed by atoms with Crippen molar-refractivity contribution in [3.05, 3.63) is 42.7 Å². The molecular weight excluding hydrogens is 200 g/mol. The highest BCUT2D eigenvalue weighted by Crippen LogP contribution is 2.26. The van der Waals surface area contributed by atoms with Crippen LogP contribution in [0.5, 0.6) is 5.75 Å². The van der Waals surface area contributed by atoms with Crippen LogP contribution in [-0.4, -0.2) is 16.6 Å². The monoisotopic (exact) mass is 214 g/mol. The van der Waals surface area contributed by atoms with Crippen LogP contribution in [0.15, 0.2) is 42.7 Å². The second kappa shape index (κ2) is 5.26. The van der Waals surface area contributed by atoms with Crippen LogP contribution in [0, 0.1) is 0 Å². The van der Waals surface area contributed by atoms with E-state index in [2.05, 4.69) is 16.9 Å². The van der Waals surface area contributed by atoms with Gasteiger partial charge in [0.25, 0.3) is 0 Å². The first-order chi connectivity index (χ1) is 7.92. The highest BCUT2D eigenvalue weighted by Gasteiger charge is 2.06. The van der Waals surface area contributed by atoms with Gasteiger partial charge in [0.1, 0.15) is 5.75 Å². The van der Waals surface area contributed by atoms with Gasteiger partial charge in [-0.25, -0.2) is 9.97 Å². The lowest BCUT2D eigenvalue weighted by Crippen LogP contribution is -1.98. The van der Waals surface area contributed by atoms with E-state index in [1.54, 1.807) is 18.5 Å². The van der Waals surface area contributed by atoms with Crippen LogP contribution in [0.2, 0.25) is 0 Å². The molecule has 0 aliphatic heterocycles. The smallest absolute Gasteiger partial charge is 0.162 e. The van der Waals surface area contributed by atoms with Crippen LogP contribution >= 0.6 is 0 Å². The van der Waals surface area contributed by atoms with Crippen LogP contribution in [0.1, 0.15) is 13.3 Å². The molecule has 1 aromatic heterocycles. The predicted octanol–water partition coefficient (Wildman–Crippen LogP) is 2.93. The van der Waals surface area contributed by atoms with E-state index in [4.69, 9.17) is 4.74 Å². The van der Waals surface area contributed by atoms with Gasteiger partial charge in [-0.15, -0.1) is 0 Å². The largest absolute Gasteiger partial charge is 0.493 e. The van der Waals surface area contributed by atoms with Gasteiger partial charge in [-0.2, -0.15) is 0 Å². The number of ether oxygens (including phenoxy) is 1. The number of aromatic nitrogens is 2. The molecule has 0 bridgehead atoms. The van der Waals surface area contributed by atoms with Gasteiger partial charge in [0.2, 0.25) is 0 Å². The molecule has 0 aliphatic rings. The highest BCUT2D eigenvalue weighted by atomic mass is 16.5. The molecule has 16 heavy (non-hydrogen) atoms. The molecule has 3 heteroatoms. The van der Waals surface area contributed by atoms with E-state index >= 15 is 0 Å². The number of benzene rings is 1. The van der Waals surface area contributed by atoms with Crippen molar-refractivity contribution >= 4 is 0 Å². The molecule has 0 saturated carbocycles. The van der Waals surface area contributed by atoms with Crippen molar-refractivity contribution in [2.75, 3.05) is 6.61 Å². The summed E-state index contributed by atoms with van der Waals surface area (Å²) in [6.07, 6.45) is 4.46. The fourth-order valence-corrected chi connectivity index (χ4v) is 1.43. The third-order valence-electron chi connectivity index (χ3n) is 2.16. The highest BCUT2D eigenvalue weighted by molar-refractivity contribution is 5.63. The van der Waals surface area contributed by atoms with Crippen LogP contribution < -0.4 is 4.74 Å². The van der Waals surface area contributed by atoms with Crippen molar-refractivity contribution < 1.29 is 4.74 Å². The van der Waals surface area contributed by atoms with E-state index in [1.807, 2.05) is 24.3 Å². The average Bonchev–Trinajstić information content (AvgIpc) is 2.38. The summed E-state index contributed by atoms with van der Waals surface area (Å²) in [5.74, 6) is 1.55. The summed E-state index contributed by atoms with van der Waals surface area (Å²) in [5.41, 5.74) is 0.941. The van der Waals surface area contributed by atoms with Gasteiger partial charge in [0, 0.05) is 12.4 Å². The zero-order valence-corrected chi connectivity index (χ0v) is 9.26. The number of rotatable bonds is 4. The Morgan fingerprint density at radius 1 is 1.06 bits per heavy atom. The summed E-state index contributed by atoms with van der Waals surface area (Å²) < 4.78 is 5.66. The van der Waals surface area contributed by atoms with Gasteiger partial charge in [-0.3, -0.25) is 0 Å². The van der Waals surface area contributed by atoms with Crippen LogP contribution in [0.3, 0.4) is 0 Å². The molecule has 0 saturated heterocycles. The third-order valence-corrected chi connectivity index (χ3v) is 2.16. The first-order valence-corrected chi connectivity index (χ1v) is 5.41. The number of hydrogen-bond acceptors (Lipinski definition) is 3. The van der Waals surface area contributed by atoms with Crippen molar-refractivity contribution in [2.24, 2.45) is 0 Å². The summed E-state index contributed by atoms with van der Waals surface area (Å²) in [6, 6.07) is 9.64. The minimum Gasteiger partial charge on any atom is -0.493 e. The molecule has 0 spiro atoms. The summed E-state index contributed by atoms with van der Waals surface area (Å²) in [7, 11) is 0. The van der Waals surface area contributed by atoms with Crippen molar-refractivity contribution in [2.45, 2.75) is 13.3 Å². The van der Waals surface area contributed by atoms with E-state index in [0.29, 0.717) is 12.4 Å². The molecule has 0 unspecified atom stereocenters. The zero-order valence-electron chi connectivity index (χ0n) is 9.26. The van der Waals surface area contributed by atoms with Crippen molar-refractivity contribution in [3.63, 3.8) is 0 Å². The lowest BCUT2D eigenvalue weighted by molar-refractivity contribution is 0.318. The van der Waals surface area contributed by atoms with Crippen LogP contribution in [0.25, 0.3) is 11.4 Å². The maximum Gasteiger partial charge on any atom is 0.162 e. The average molecular weight is 214 g/mol. The van der Waals surface area contributed by atoms with Gasteiger partial charge in [-0.1, -0.05) is 19.1 Å². The lowest BCUT2D eigenvalue weighted by atomic mass is 10.2. The Kier molecular flexibility index (Phi) is 3.49. The van der Waals surface area contributed by atoms with Gasteiger partial charge < -0.3 is 4.74 Å². The first kappa shape index (κ1) is 10.6. The second-order valence-electron chi connectivity index (χ2n) is 3.42. The molecule has 1 heterocycles. The SMILES string of the molecule is CCCOc1ccccc1-c1ncccn1. The fraction of sp³-hybridized carbons (Fsp3) is 0.231. The zero-order chi connectivity index (χ0) is 11.2. The molecule has 82 valence electrons. The normalized spacial score (nSPS) is 10.1. The first-order valence-electron chi connectivity index (χ1n) is 5.41. The quantitative estimate of drug-likeness (QED) is 0.784. The van der Waals surface area contributed by atoms with E-state index in [-0.39, 0.29) is 0 Å². The van der Waals surface area contributed by atoms with Crippen molar-refractivity contribution in [3.8, 4) is 17.1 Å². The lowest BCUT2D eigenvalue weighted by Gasteiger charge is -2.09. The minimum atomic E-state index is 0.703. The van der Waals surface area contributed by atoms with Gasteiger partial charge in [0.15, 0.2) is 5.82 Å². The molecular formula is C13H14N2O. The number of para-hydroxylation sites is 1. The van der Waals surface area contributed by atoms with Gasteiger partial charge in [0.05, 0.1) is 12.2 Å². The second-order valence-corrected chi connectivity index (χ2v) is 3.42. The topological polar surface area (TPSA) is 35.0 Å². The maximum atomic E-state index is 5.66. The molecule has 1 aromatic carbocycles. The van der Waals surface area contributed by atoms with E-state index < -0.39 is 0 Å². The Bertz CT molecular complexity index is 443. The molecule has 0 radical (unpaired) electrons. The molecule has 0 aliphatic carbocycles. The van der Waals surface area contributed by atoms with Gasteiger partial charge >= 0.3 is 0 Å². The molecule has 0 N–H and O–H groups in total. The molecule has 2 rings (SSSR count). The maximum absolute atomic E-state index is 5.66. The Morgan fingerprint density at radius 3 is 2.56 bits per heavy atom. The summed E-state index contributed by atoms with van der Waals surface area (Å²) in [5, 5.41) is 0. The number of hydrogen-bond donors (Lipinski definition) is 0. The van der Waals surface area contributed by atoms with Crippen LogP contribution in [-0.2, 0) is 0 Å². The summed E-state index contributed by atoms with van der Waals surface area (Å²) >= 11 is 0. The molecule has 0 amide bonds. The molecule has 0 fully saturated rings. The molecule has 2 aromatic rings. The molecule has 0 atom stereocenters. The van der Waals surface area contributed by atoms with Crippen LogP contribution in [0.4, 0.5) is 0 Å². The number of nitrogens with zero attached hydrogens (tertiary/aromatic N) is 2. The van der Waals surface area contributed by atoms with Crippen molar-refractivity contribution in [1.82, 2.24) is 9.97 Å². The Morgan fingerprint density at radius 2 is 1.81 bits per heavy atom. The van der Waals surface area contributed by atoms with Crippen molar-refractivity contribution in [1.29, 1.82) is 0 Å². The van der Waals surface area contributed by atoms with Gasteiger partial charge in [-0.05, 0) is 24.6 Å². The Balaban J connectivity index is 2.33. The minimum absolute atomic E-state index is 0.703. The Labute approximate surface area is 95.1 Å².